The van der Waals surface area contributed by atoms with Gasteiger partial charge in [-0.25, -0.2) is 0 Å². The maximum absolute atomic E-state index is 9.67. The molecule has 1 aliphatic rings. The standard InChI is InChI=1S/C12H14O2/c1-14-10-7-5-9(6-8-10)11-3-2-4-12(11)13/h3,5-8,12-13H,2,4H2,1H3/t12-/m0/s1. The summed E-state index contributed by atoms with van der Waals surface area (Å²) >= 11 is 0. The minimum Gasteiger partial charge on any atom is -0.497 e. The molecule has 14 heavy (non-hydrogen) atoms. The maximum atomic E-state index is 9.67. The number of allylic oxidation sites excluding steroid dienone is 1. The third-order valence-electron chi connectivity index (χ3n) is 2.59. The quantitative estimate of drug-likeness (QED) is 0.775. The highest BCUT2D eigenvalue weighted by atomic mass is 16.5. The van der Waals surface area contributed by atoms with Gasteiger partial charge in [0.05, 0.1) is 13.2 Å². The van der Waals surface area contributed by atoms with Gasteiger partial charge in [-0.2, -0.15) is 0 Å². The molecule has 2 nitrogen and oxygen atoms in total. The molecule has 0 aromatic heterocycles. The molecule has 0 saturated carbocycles. The summed E-state index contributed by atoms with van der Waals surface area (Å²) in [5.74, 6) is 0.849. The molecule has 0 heterocycles. The minimum atomic E-state index is -0.289. The Morgan fingerprint density at radius 1 is 1.29 bits per heavy atom. The van der Waals surface area contributed by atoms with Crippen LogP contribution in [0.15, 0.2) is 30.3 Å². The zero-order chi connectivity index (χ0) is 9.97. The molecule has 0 bridgehead atoms. The molecule has 0 amide bonds. The van der Waals surface area contributed by atoms with E-state index in [1.54, 1.807) is 7.11 Å². The second-order valence-corrected chi connectivity index (χ2v) is 3.48. The van der Waals surface area contributed by atoms with E-state index in [2.05, 4.69) is 6.08 Å². The molecule has 0 fully saturated rings. The molecule has 0 aliphatic heterocycles. The number of benzene rings is 1. The third-order valence-corrected chi connectivity index (χ3v) is 2.59. The average molecular weight is 190 g/mol. The van der Waals surface area contributed by atoms with Crippen LogP contribution in [0.5, 0.6) is 5.75 Å². The van der Waals surface area contributed by atoms with Gasteiger partial charge in [0.2, 0.25) is 0 Å². The molecular formula is C12H14O2. The summed E-state index contributed by atoms with van der Waals surface area (Å²) in [7, 11) is 1.65. The summed E-state index contributed by atoms with van der Waals surface area (Å²) < 4.78 is 5.08. The van der Waals surface area contributed by atoms with E-state index in [0.29, 0.717) is 0 Å². The van der Waals surface area contributed by atoms with Crippen molar-refractivity contribution >= 4 is 5.57 Å². The van der Waals surface area contributed by atoms with Crippen LogP contribution in [-0.4, -0.2) is 18.3 Å². The van der Waals surface area contributed by atoms with Gasteiger partial charge >= 0.3 is 0 Å². The van der Waals surface area contributed by atoms with E-state index in [0.717, 1.165) is 29.7 Å². The van der Waals surface area contributed by atoms with Crippen LogP contribution in [0.4, 0.5) is 0 Å². The van der Waals surface area contributed by atoms with Gasteiger partial charge in [-0.15, -0.1) is 0 Å². The lowest BCUT2D eigenvalue weighted by molar-refractivity contribution is 0.231. The smallest absolute Gasteiger partial charge is 0.118 e. The first-order valence-corrected chi connectivity index (χ1v) is 4.84. The number of aliphatic hydroxyl groups is 1. The molecule has 1 aliphatic carbocycles. The Morgan fingerprint density at radius 2 is 2.00 bits per heavy atom. The lowest BCUT2D eigenvalue weighted by Crippen LogP contribution is -2.03. The van der Waals surface area contributed by atoms with E-state index in [4.69, 9.17) is 4.74 Å². The second kappa shape index (κ2) is 3.84. The van der Waals surface area contributed by atoms with Crippen molar-refractivity contribution < 1.29 is 9.84 Å². The van der Waals surface area contributed by atoms with Crippen LogP contribution >= 0.6 is 0 Å². The van der Waals surface area contributed by atoms with Crippen molar-refractivity contribution in [3.63, 3.8) is 0 Å². The highest BCUT2D eigenvalue weighted by Crippen LogP contribution is 2.28. The number of aliphatic hydroxyl groups excluding tert-OH is 1. The average Bonchev–Trinajstić information content (AvgIpc) is 2.65. The van der Waals surface area contributed by atoms with Gasteiger partial charge in [0, 0.05) is 0 Å². The molecule has 1 atom stereocenters. The van der Waals surface area contributed by atoms with Crippen molar-refractivity contribution in [3.05, 3.63) is 35.9 Å². The zero-order valence-corrected chi connectivity index (χ0v) is 8.23. The molecule has 0 spiro atoms. The van der Waals surface area contributed by atoms with Crippen LogP contribution < -0.4 is 4.74 Å². The van der Waals surface area contributed by atoms with Gasteiger partial charge in [-0.05, 0) is 36.1 Å². The van der Waals surface area contributed by atoms with Crippen LogP contribution in [-0.2, 0) is 0 Å². The van der Waals surface area contributed by atoms with Crippen molar-refractivity contribution in [2.75, 3.05) is 7.11 Å². The number of hydrogen-bond donors (Lipinski definition) is 1. The van der Waals surface area contributed by atoms with E-state index in [-0.39, 0.29) is 6.10 Å². The first-order chi connectivity index (χ1) is 6.81. The molecule has 0 radical (unpaired) electrons. The van der Waals surface area contributed by atoms with Crippen molar-refractivity contribution in [1.29, 1.82) is 0 Å². The largest absolute Gasteiger partial charge is 0.497 e. The van der Waals surface area contributed by atoms with Crippen molar-refractivity contribution in [3.8, 4) is 5.75 Å². The number of ether oxygens (including phenoxy) is 1. The van der Waals surface area contributed by atoms with Gasteiger partial charge in [-0.3, -0.25) is 0 Å². The van der Waals surface area contributed by atoms with E-state index in [1.807, 2.05) is 24.3 Å². The van der Waals surface area contributed by atoms with Gasteiger partial charge in [0.25, 0.3) is 0 Å². The molecule has 0 unspecified atom stereocenters. The van der Waals surface area contributed by atoms with Gasteiger partial charge < -0.3 is 9.84 Å². The molecule has 2 rings (SSSR count). The first kappa shape index (κ1) is 9.28. The molecule has 2 heteroatoms. The van der Waals surface area contributed by atoms with Gasteiger partial charge in [0.1, 0.15) is 5.75 Å². The Balaban J connectivity index is 2.24. The predicted octanol–water partition coefficient (Wildman–Crippen LogP) is 2.23. The number of rotatable bonds is 2. The SMILES string of the molecule is COc1ccc(C2=CCC[C@@H]2O)cc1. The second-order valence-electron chi connectivity index (χ2n) is 3.48. The highest BCUT2D eigenvalue weighted by Gasteiger charge is 2.17. The summed E-state index contributed by atoms with van der Waals surface area (Å²) in [6.07, 6.45) is 3.64. The van der Waals surface area contributed by atoms with Crippen molar-refractivity contribution in [1.82, 2.24) is 0 Å². The normalized spacial score (nSPS) is 20.7. The van der Waals surface area contributed by atoms with Crippen molar-refractivity contribution in [2.24, 2.45) is 0 Å². The van der Waals surface area contributed by atoms with Crippen LogP contribution in [0.2, 0.25) is 0 Å². The fourth-order valence-electron chi connectivity index (χ4n) is 1.78. The van der Waals surface area contributed by atoms with E-state index in [1.165, 1.54) is 0 Å². The van der Waals surface area contributed by atoms with Crippen LogP contribution in [0.1, 0.15) is 18.4 Å². The third kappa shape index (κ3) is 1.66. The monoisotopic (exact) mass is 190 g/mol. The fraction of sp³-hybridized carbons (Fsp3) is 0.333. The van der Waals surface area contributed by atoms with Crippen LogP contribution in [0, 0.1) is 0 Å². The van der Waals surface area contributed by atoms with Crippen LogP contribution in [0.25, 0.3) is 5.57 Å². The highest BCUT2D eigenvalue weighted by molar-refractivity contribution is 5.70. The molecule has 0 saturated heterocycles. The Kier molecular flexibility index (Phi) is 2.55. The molecule has 74 valence electrons. The Morgan fingerprint density at radius 3 is 2.50 bits per heavy atom. The van der Waals surface area contributed by atoms with E-state index in [9.17, 15) is 5.11 Å². The summed E-state index contributed by atoms with van der Waals surface area (Å²) in [6.45, 7) is 0. The lowest BCUT2D eigenvalue weighted by atomic mass is 10.0. The summed E-state index contributed by atoms with van der Waals surface area (Å²) in [5.41, 5.74) is 2.14. The fourth-order valence-corrected chi connectivity index (χ4v) is 1.78. The molecule has 1 N–H and O–H groups in total. The topological polar surface area (TPSA) is 29.5 Å². The first-order valence-electron chi connectivity index (χ1n) is 4.84. The Bertz CT molecular complexity index is 338. The Hall–Kier alpha value is -1.28. The molecule has 1 aromatic carbocycles. The minimum absolute atomic E-state index is 0.289. The summed E-state index contributed by atoms with van der Waals surface area (Å²) in [5, 5.41) is 9.67. The maximum Gasteiger partial charge on any atom is 0.118 e. The predicted molar refractivity (Wildman–Crippen MR) is 56.2 cm³/mol. The Labute approximate surface area is 83.8 Å². The van der Waals surface area contributed by atoms with Gasteiger partial charge in [-0.1, -0.05) is 18.2 Å². The van der Waals surface area contributed by atoms with Crippen molar-refractivity contribution in [2.45, 2.75) is 18.9 Å². The summed E-state index contributed by atoms with van der Waals surface area (Å²) in [6, 6.07) is 7.81. The molecule has 1 aromatic rings. The van der Waals surface area contributed by atoms with Crippen LogP contribution in [0.3, 0.4) is 0 Å². The van der Waals surface area contributed by atoms with Gasteiger partial charge in [0.15, 0.2) is 0 Å². The summed E-state index contributed by atoms with van der Waals surface area (Å²) in [4.78, 5) is 0. The zero-order valence-electron chi connectivity index (χ0n) is 8.23. The van der Waals surface area contributed by atoms with E-state index < -0.39 is 0 Å². The van der Waals surface area contributed by atoms with E-state index >= 15 is 0 Å². The lowest BCUT2D eigenvalue weighted by Gasteiger charge is -2.08. The number of methoxy groups -OCH3 is 1. The molecular weight excluding hydrogens is 176 g/mol. The number of hydrogen-bond acceptors (Lipinski definition) is 2.